The molecule has 4 aromatic rings. The van der Waals surface area contributed by atoms with E-state index in [1.807, 2.05) is 36.4 Å². The summed E-state index contributed by atoms with van der Waals surface area (Å²) in [6.45, 7) is 2.11. The number of nitrogens with one attached hydrogen (secondary N) is 1. The van der Waals surface area contributed by atoms with Crippen LogP contribution in [0.15, 0.2) is 94.9 Å². The third-order valence-corrected chi connectivity index (χ3v) is 5.56. The van der Waals surface area contributed by atoms with Gasteiger partial charge in [-0.3, -0.25) is 9.78 Å². The lowest BCUT2D eigenvalue weighted by Gasteiger charge is -2.13. The number of nitrogens with zero attached hydrogens (tertiary/aromatic N) is 1. The molecule has 0 saturated carbocycles. The Morgan fingerprint density at radius 2 is 1.59 bits per heavy atom. The number of fused-ring (bicyclic) bond motifs is 1. The maximum atomic E-state index is 12.6. The number of hydrogen-bond donors (Lipinski definition) is 1. The molecule has 0 saturated heterocycles. The number of aromatic nitrogens is 1. The third kappa shape index (κ3) is 3.71. The summed E-state index contributed by atoms with van der Waals surface area (Å²) in [5.74, 6) is -0.209. The van der Waals surface area contributed by atoms with Crippen molar-refractivity contribution in [2.45, 2.75) is 16.7 Å². The molecule has 1 heterocycles. The number of hydrogen-bond acceptors (Lipinski definition) is 3. The molecule has 3 aromatic carbocycles. The fraction of sp³-hybridized carbons (Fsp3) is 0.0435. The Morgan fingerprint density at radius 3 is 2.37 bits per heavy atom. The van der Waals surface area contributed by atoms with Gasteiger partial charge < -0.3 is 5.32 Å². The fourth-order valence-corrected chi connectivity index (χ4v) is 4.06. The van der Waals surface area contributed by atoms with Crippen LogP contribution in [0.25, 0.3) is 10.8 Å². The van der Waals surface area contributed by atoms with Crippen LogP contribution in [0, 0.1) is 6.92 Å². The highest BCUT2D eigenvalue weighted by Gasteiger charge is 2.12. The zero-order valence-electron chi connectivity index (χ0n) is 14.8. The van der Waals surface area contributed by atoms with Gasteiger partial charge in [-0.15, -0.1) is 0 Å². The van der Waals surface area contributed by atoms with Crippen molar-refractivity contribution in [3.63, 3.8) is 0 Å². The summed E-state index contributed by atoms with van der Waals surface area (Å²) < 4.78 is 0. The Kier molecular flexibility index (Phi) is 4.90. The van der Waals surface area contributed by atoms with E-state index in [2.05, 4.69) is 47.6 Å². The number of carbonyl (C=O) groups is 1. The number of pyridine rings is 1. The monoisotopic (exact) mass is 370 g/mol. The first-order valence-corrected chi connectivity index (χ1v) is 9.51. The number of benzene rings is 3. The van der Waals surface area contributed by atoms with E-state index in [0.717, 1.165) is 21.4 Å². The predicted octanol–water partition coefficient (Wildman–Crippen LogP) is 5.95. The second-order valence-electron chi connectivity index (χ2n) is 6.20. The summed E-state index contributed by atoms with van der Waals surface area (Å²) in [6, 6.07) is 25.8. The topological polar surface area (TPSA) is 42.0 Å². The third-order valence-electron chi connectivity index (χ3n) is 4.33. The van der Waals surface area contributed by atoms with Crippen LogP contribution >= 0.6 is 11.8 Å². The molecule has 1 amide bonds. The second kappa shape index (κ2) is 7.64. The molecule has 4 heteroatoms. The quantitative estimate of drug-likeness (QED) is 0.483. The zero-order valence-corrected chi connectivity index (χ0v) is 15.7. The van der Waals surface area contributed by atoms with Gasteiger partial charge in [-0.1, -0.05) is 60.3 Å². The van der Waals surface area contributed by atoms with E-state index >= 15 is 0 Å². The minimum absolute atomic E-state index is 0.209. The SMILES string of the molecule is Cc1ccccc1Sc1cccc2cccc(NC(=O)c3ccccn3)c12. The molecule has 0 atom stereocenters. The number of aryl methyl sites for hydroxylation is 1. The van der Waals surface area contributed by atoms with Gasteiger partial charge in [-0.05, 0) is 48.2 Å². The molecule has 0 spiro atoms. The maximum Gasteiger partial charge on any atom is 0.274 e. The number of amides is 1. The van der Waals surface area contributed by atoms with E-state index in [0.29, 0.717) is 5.69 Å². The van der Waals surface area contributed by atoms with Crippen molar-refractivity contribution in [3.8, 4) is 0 Å². The highest BCUT2D eigenvalue weighted by atomic mass is 32.2. The second-order valence-corrected chi connectivity index (χ2v) is 7.28. The van der Waals surface area contributed by atoms with Crippen LogP contribution < -0.4 is 5.32 Å². The molecule has 0 bridgehead atoms. The molecular weight excluding hydrogens is 352 g/mol. The highest BCUT2D eigenvalue weighted by molar-refractivity contribution is 7.99. The summed E-state index contributed by atoms with van der Waals surface area (Å²) in [6.07, 6.45) is 1.62. The van der Waals surface area contributed by atoms with Crippen molar-refractivity contribution in [2.75, 3.05) is 5.32 Å². The van der Waals surface area contributed by atoms with Crippen LogP contribution in [0.5, 0.6) is 0 Å². The smallest absolute Gasteiger partial charge is 0.274 e. The van der Waals surface area contributed by atoms with Crippen LogP contribution in [0.1, 0.15) is 16.1 Å². The zero-order chi connectivity index (χ0) is 18.6. The van der Waals surface area contributed by atoms with Crippen LogP contribution in [0.2, 0.25) is 0 Å². The minimum atomic E-state index is -0.209. The van der Waals surface area contributed by atoms with E-state index < -0.39 is 0 Å². The lowest BCUT2D eigenvalue weighted by Crippen LogP contribution is -2.13. The van der Waals surface area contributed by atoms with Crippen LogP contribution in [0.4, 0.5) is 5.69 Å². The van der Waals surface area contributed by atoms with Crippen molar-refractivity contribution in [2.24, 2.45) is 0 Å². The van der Waals surface area contributed by atoms with Gasteiger partial charge in [0, 0.05) is 21.4 Å². The lowest BCUT2D eigenvalue weighted by atomic mass is 10.1. The van der Waals surface area contributed by atoms with E-state index in [4.69, 9.17) is 0 Å². The Hall–Kier alpha value is -3.11. The Bertz CT molecular complexity index is 1100. The van der Waals surface area contributed by atoms with Crippen LogP contribution in [-0.4, -0.2) is 10.9 Å². The van der Waals surface area contributed by atoms with Crippen LogP contribution in [0.3, 0.4) is 0 Å². The normalized spacial score (nSPS) is 10.7. The molecule has 1 N–H and O–H groups in total. The molecule has 0 unspecified atom stereocenters. The molecule has 4 rings (SSSR count). The van der Waals surface area contributed by atoms with Crippen molar-refractivity contribution >= 4 is 34.1 Å². The van der Waals surface area contributed by atoms with Crippen molar-refractivity contribution in [3.05, 3.63) is 96.3 Å². The molecule has 0 aliphatic rings. The number of anilines is 1. The summed E-state index contributed by atoms with van der Waals surface area (Å²) in [7, 11) is 0. The summed E-state index contributed by atoms with van der Waals surface area (Å²) in [5, 5.41) is 5.16. The molecule has 1 aromatic heterocycles. The summed E-state index contributed by atoms with van der Waals surface area (Å²) in [5.41, 5.74) is 2.42. The number of carbonyl (C=O) groups excluding carboxylic acids is 1. The first-order chi connectivity index (χ1) is 13.2. The highest BCUT2D eigenvalue weighted by Crippen LogP contribution is 2.38. The Morgan fingerprint density at radius 1 is 0.852 bits per heavy atom. The Labute approximate surface area is 162 Å². The van der Waals surface area contributed by atoms with Crippen molar-refractivity contribution in [1.82, 2.24) is 4.98 Å². The predicted molar refractivity (Wildman–Crippen MR) is 111 cm³/mol. The molecular formula is C23H18N2OS. The molecule has 27 heavy (non-hydrogen) atoms. The Balaban J connectivity index is 1.75. The average molecular weight is 370 g/mol. The van der Waals surface area contributed by atoms with Gasteiger partial charge in [0.15, 0.2) is 0 Å². The van der Waals surface area contributed by atoms with Gasteiger partial charge >= 0.3 is 0 Å². The van der Waals surface area contributed by atoms with Crippen molar-refractivity contribution < 1.29 is 4.79 Å². The summed E-state index contributed by atoms with van der Waals surface area (Å²) in [4.78, 5) is 19.1. The van der Waals surface area contributed by atoms with E-state index in [9.17, 15) is 4.79 Å². The maximum absolute atomic E-state index is 12.6. The van der Waals surface area contributed by atoms with E-state index in [1.54, 1.807) is 30.1 Å². The molecule has 3 nitrogen and oxygen atoms in total. The molecule has 0 aliphatic heterocycles. The molecule has 132 valence electrons. The largest absolute Gasteiger partial charge is 0.320 e. The fourth-order valence-electron chi connectivity index (χ4n) is 2.97. The first-order valence-electron chi connectivity index (χ1n) is 8.70. The standard InChI is InChI=1S/C23H18N2OS/c1-16-8-2-3-13-20(16)27-21-14-7-10-17-9-6-12-18(22(17)21)25-23(26)19-11-4-5-15-24-19/h2-15H,1H3,(H,25,26). The van der Waals surface area contributed by atoms with Crippen LogP contribution in [-0.2, 0) is 0 Å². The van der Waals surface area contributed by atoms with Gasteiger partial charge in [0.25, 0.3) is 5.91 Å². The van der Waals surface area contributed by atoms with Gasteiger partial charge in [-0.25, -0.2) is 0 Å². The van der Waals surface area contributed by atoms with Crippen molar-refractivity contribution in [1.29, 1.82) is 0 Å². The van der Waals surface area contributed by atoms with Gasteiger partial charge in [0.2, 0.25) is 0 Å². The first kappa shape index (κ1) is 17.3. The van der Waals surface area contributed by atoms with E-state index in [1.165, 1.54) is 10.5 Å². The van der Waals surface area contributed by atoms with Gasteiger partial charge in [-0.2, -0.15) is 0 Å². The molecule has 0 aliphatic carbocycles. The molecule has 0 fully saturated rings. The van der Waals surface area contributed by atoms with Gasteiger partial charge in [0.1, 0.15) is 5.69 Å². The van der Waals surface area contributed by atoms with E-state index in [-0.39, 0.29) is 5.91 Å². The molecule has 0 radical (unpaired) electrons. The summed E-state index contributed by atoms with van der Waals surface area (Å²) >= 11 is 1.71. The van der Waals surface area contributed by atoms with Gasteiger partial charge in [0.05, 0.1) is 5.69 Å². The number of rotatable bonds is 4. The average Bonchev–Trinajstić information content (AvgIpc) is 2.70. The lowest BCUT2D eigenvalue weighted by molar-refractivity contribution is 0.102. The minimum Gasteiger partial charge on any atom is -0.320 e.